The topological polar surface area (TPSA) is 0 Å². The molecule has 0 rings (SSSR count). The molecule has 7 heteroatoms. The predicted molar refractivity (Wildman–Crippen MR) is 141 cm³/mol. The average molecular weight is 827 g/mol. The van der Waals surface area contributed by atoms with Gasteiger partial charge in [-0.05, 0) is 55.4 Å². The Balaban J connectivity index is -0.000000273. The maximum absolute atomic E-state index is 2.43. The normalized spacial score (nSPS) is 12.7. The minimum atomic E-state index is -0.370. The first-order valence-corrected chi connectivity index (χ1v) is 21.4. The monoisotopic (exact) mass is 826 g/mol. The number of hydrogen-bond acceptors (Lipinski definition) is 0. The third-order valence-electron chi connectivity index (χ3n) is 5.37. The Labute approximate surface area is 195 Å². The van der Waals surface area contributed by atoms with Gasteiger partial charge in [-0.2, -0.15) is 0 Å². The number of hydrogen-bond donors (Lipinski definition) is 0. The molecule has 0 unspecified atom stereocenters. The fourth-order valence-corrected chi connectivity index (χ4v) is 2.68. The summed E-state index contributed by atoms with van der Waals surface area (Å²) in [4.78, 5) is 0. The van der Waals surface area contributed by atoms with Crippen molar-refractivity contribution in [1.29, 1.82) is 0 Å². The van der Waals surface area contributed by atoms with Gasteiger partial charge in [0.25, 0.3) is 0 Å². The summed E-state index contributed by atoms with van der Waals surface area (Å²) in [7, 11) is 0. The van der Waals surface area contributed by atoms with E-state index in [0.29, 0.717) is 0 Å². The van der Waals surface area contributed by atoms with Gasteiger partial charge in [0.15, 0.2) is 0 Å². The fourth-order valence-electron chi connectivity index (χ4n) is 2.68. The zero-order valence-electron chi connectivity index (χ0n) is 16.4. The van der Waals surface area contributed by atoms with Gasteiger partial charge in [0.1, 0.15) is 0 Å². The Kier molecular flexibility index (Phi) is 23.5. The van der Waals surface area contributed by atoms with E-state index < -0.39 is 0 Å². The molecule has 0 bridgehead atoms. The van der Waals surface area contributed by atoms with Crippen LogP contribution in [0.3, 0.4) is 0 Å². The number of rotatable bonds is 8. The molecule has 0 aliphatic rings. The third kappa shape index (κ3) is 18.5. The Hall–Kier alpha value is 3.33. The Morgan fingerprint density at radius 3 is 0.522 bits per heavy atom. The molecule has 0 aliphatic heterocycles. The van der Waals surface area contributed by atoms with Gasteiger partial charge in [-0.15, -0.1) is 0 Å². The molecule has 23 heavy (non-hydrogen) atoms. The van der Waals surface area contributed by atoms with Crippen LogP contribution in [0.1, 0.15) is 55.4 Å². The molecule has 0 amide bonds. The van der Waals surface area contributed by atoms with Crippen molar-refractivity contribution in [3.63, 3.8) is 0 Å². The van der Waals surface area contributed by atoms with Crippen molar-refractivity contribution in [2.75, 3.05) is 52.4 Å². The first-order valence-electron chi connectivity index (χ1n) is 8.66. The average Bonchev–Trinajstić information content (AvgIpc) is 2.52. The maximum atomic E-state index is 2.43. The van der Waals surface area contributed by atoms with Gasteiger partial charge in [0, 0.05) is 0 Å². The molecule has 0 aromatic rings. The first kappa shape index (κ1) is 31.0. The van der Waals surface area contributed by atoms with Crippen molar-refractivity contribution in [1.82, 2.24) is 0 Å². The summed E-state index contributed by atoms with van der Waals surface area (Å²) < 4.78 is 2.19. The van der Waals surface area contributed by atoms with Gasteiger partial charge in [0.2, 0.25) is 0 Å². The second kappa shape index (κ2) is 17.4. The Morgan fingerprint density at radius 2 is 0.522 bits per heavy atom. The Bertz CT molecular complexity index is 192. The molecule has 0 saturated heterocycles. The van der Waals surface area contributed by atoms with Crippen LogP contribution in [0, 0.1) is 0 Å². The van der Waals surface area contributed by atoms with Crippen molar-refractivity contribution in [3.8, 4) is 0 Å². The van der Waals surface area contributed by atoms with E-state index in [1.807, 2.05) is 0 Å². The van der Waals surface area contributed by atoms with Gasteiger partial charge >= 0.3 is 81.6 Å². The standard InChI is InChI=1S/2C8H20N.4HI.Ni/c2*1-5-9(6-2,7-3)8-4;;;;;/h2*5-8H2,1-4H3;4*1H;/q2*+1;;;;;+4/p-4. The second-order valence-corrected chi connectivity index (χ2v) is 55.5. The van der Waals surface area contributed by atoms with Gasteiger partial charge in [0.05, 0.1) is 52.4 Å². The second-order valence-electron chi connectivity index (χ2n) is 5.48. The van der Waals surface area contributed by atoms with E-state index in [2.05, 4.69) is 137 Å². The van der Waals surface area contributed by atoms with Crippen molar-refractivity contribution in [3.05, 3.63) is 0 Å². The molecule has 0 spiro atoms. The molecule has 0 fully saturated rings. The molecule has 0 heterocycles. The van der Waals surface area contributed by atoms with E-state index in [4.69, 9.17) is 0 Å². The summed E-state index contributed by atoms with van der Waals surface area (Å²) in [6.45, 7) is 28.4. The van der Waals surface area contributed by atoms with E-state index in [-0.39, 0.29) is -0.351 Å². The molecule has 0 N–H and O–H groups in total. The molecule has 0 radical (unpaired) electrons. The molecule has 2 nitrogen and oxygen atoms in total. The summed E-state index contributed by atoms with van der Waals surface area (Å²) in [5, 5.41) is 0. The summed E-state index contributed by atoms with van der Waals surface area (Å²) in [5.41, 5.74) is 0. The molecule has 0 aromatic carbocycles. The molecule has 0 aromatic heterocycles. The SMILES string of the molecule is CC[N+](CC)(CC)CC.CC[N+](CC)(CC)CC.[I][Ni]([I])([I])[I]. The number of halogens is 4. The van der Waals surface area contributed by atoms with Crippen molar-refractivity contribution in [2.24, 2.45) is 0 Å². The van der Waals surface area contributed by atoms with Crippen LogP contribution in [-0.2, 0) is -0.351 Å². The molecule has 150 valence electrons. The van der Waals surface area contributed by atoms with E-state index in [0.717, 1.165) is 0 Å². The zero-order chi connectivity index (χ0) is 19.2. The summed E-state index contributed by atoms with van der Waals surface area (Å²) in [6.07, 6.45) is 0. The molecule has 0 aliphatic carbocycles. The van der Waals surface area contributed by atoms with Gasteiger partial charge in [-0.1, -0.05) is 0 Å². The van der Waals surface area contributed by atoms with Crippen LogP contribution < -0.4 is 0 Å². The molecule has 0 saturated carbocycles. The number of nitrogens with zero attached hydrogens (tertiary/aromatic N) is 2. The van der Waals surface area contributed by atoms with E-state index in [1.54, 1.807) is 0 Å². The van der Waals surface area contributed by atoms with Crippen LogP contribution >= 0.6 is 81.9 Å². The van der Waals surface area contributed by atoms with Crippen molar-refractivity contribution < 1.29 is 8.61 Å². The first-order chi connectivity index (χ1) is 10.5. The molecule has 0 atom stereocenters. The quantitative estimate of drug-likeness (QED) is 0.137. The van der Waals surface area contributed by atoms with Crippen LogP contribution in [0.5, 0.6) is 0 Å². The fraction of sp³-hybridized carbons (Fsp3) is 1.00. The molecular weight excluding hydrogens is 786 g/mol. The summed E-state index contributed by atoms with van der Waals surface area (Å²) in [5.74, 6) is 0. The van der Waals surface area contributed by atoms with Crippen molar-refractivity contribution >= 4 is 81.9 Å². The zero-order valence-corrected chi connectivity index (χ0v) is 26.0. The van der Waals surface area contributed by atoms with Crippen LogP contribution in [0.2, 0.25) is 0 Å². The van der Waals surface area contributed by atoms with Crippen LogP contribution in [-0.4, -0.2) is 61.3 Å². The molecular formula is C16H40I4N2Ni+2. The van der Waals surface area contributed by atoms with Crippen LogP contribution in [0.15, 0.2) is 0 Å². The van der Waals surface area contributed by atoms with Crippen LogP contribution in [0.25, 0.3) is 0 Å². The van der Waals surface area contributed by atoms with Crippen LogP contribution in [0.4, 0.5) is 0 Å². The van der Waals surface area contributed by atoms with Gasteiger partial charge < -0.3 is 8.97 Å². The van der Waals surface area contributed by atoms with Gasteiger partial charge in [-0.25, -0.2) is 0 Å². The van der Waals surface area contributed by atoms with E-state index in [1.165, 1.54) is 61.3 Å². The van der Waals surface area contributed by atoms with Gasteiger partial charge in [-0.3, -0.25) is 0 Å². The summed E-state index contributed by atoms with van der Waals surface area (Å²) >= 11 is 9.73. The number of quaternary nitrogens is 2. The summed E-state index contributed by atoms with van der Waals surface area (Å²) in [6, 6.07) is 0. The Morgan fingerprint density at radius 1 is 0.435 bits per heavy atom. The third-order valence-corrected chi connectivity index (χ3v) is 5.37. The minimum absolute atomic E-state index is 0.370. The van der Waals surface area contributed by atoms with E-state index >= 15 is 0 Å². The predicted octanol–water partition coefficient (Wildman–Crippen LogP) is 7.31. The van der Waals surface area contributed by atoms with E-state index in [9.17, 15) is 0 Å². The van der Waals surface area contributed by atoms with Crippen molar-refractivity contribution in [2.45, 2.75) is 55.4 Å².